The highest BCUT2D eigenvalue weighted by Crippen LogP contribution is 2.23. The van der Waals surface area contributed by atoms with Gasteiger partial charge in [0.25, 0.3) is 0 Å². The molecule has 0 aromatic rings. The van der Waals surface area contributed by atoms with E-state index < -0.39 is 0 Å². The first-order valence-corrected chi connectivity index (χ1v) is 7.71. The first-order chi connectivity index (χ1) is 8.24. The molecule has 0 aliphatic heterocycles. The summed E-state index contributed by atoms with van der Waals surface area (Å²) >= 11 is 0. The third-order valence-corrected chi connectivity index (χ3v) is 3.92. The van der Waals surface area contributed by atoms with E-state index in [4.69, 9.17) is 0 Å². The second kappa shape index (κ2) is 8.93. The van der Waals surface area contributed by atoms with E-state index in [1.165, 1.54) is 64.6 Å². The number of hydrogen-bond donors (Lipinski definition) is 1. The summed E-state index contributed by atoms with van der Waals surface area (Å²) < 4.78 is 0. The summed E-state index contributed by atoms with van der Waals surface area (Å²) in [6.45, 7) is 10.5. The van der Waals surface area contributed by atoms with Crippen LogP contribution in [0.4, 0.5) is 0 Å². The highest BCUT2D eigenvalue weighted by Gasteiger charge is 2.20. The van der Waals surface area contributed by atoms with Gasteiger partial charge in [-0.15, -0.1) is 0 Å². The number of hydrogen-bond acceptors (Lipinski definition) is 2. The summed E-state index contributed by atoms with van der Waals surface area (Å²) in [4.78, 5) is 2.71. The third kappa shape index (κ3) is 6.42. The smallest absolute Gasteiger partial charge is 0.00951 e. The van der Waals surface area contributed by atoms with E-state index in [2.05, 4.69) is 31.0 Å². The van der Waals surface area contributed by atoms with Crippen molar-refractivity contribution in [2.45, 2.75) is 77.8 Å². The summed E-state index contributed by atoms with van der Waals surface area (Å²) in [5.74, 6) is 0. The quantitative estimate of drug-likeness (QED) is 0.621. The van der Waals surface area contributed by atoms with E-state index in [1.54, 1.807) is 0 Å². The Hall–Kier alpha value is -0.0800. The van der Waals surface area contributed by atoms with Gasteiger partial charge in [0, 0.05) is 12.1 Å². The van der Waals surface area contributed by atoms with Gasteiger partial charge in [0.1, 0.15) is 0 Å². The molecule has 0 amide bonds. The molecule has 0 atom stereocenters. The van der Waals surface area contributed by atoms with Crippen LogP contribution in [0.25, 0.3) is 0 Å². The lowest BCUT2D eigenvalue weighted by molar-refractivity contribution is 0.204. The lowest BCUT2D eigenvalue weighted by Crippen LogP contribution is -2.34. The Bertz CT molecular complexity index is 174. The molecule has 1 N–H and O–H groups in total. The van der Waals surface area contributed by atoms with Crippen molar-refractivity contribution in [1.82, 2.24) is 10.2 Å². The minimum atomic E-state index is 0.639. The predicted molar refractivity (Wildman–Crippen MR) is 76.5 cm³/mol. The molecule has 0 aromatic carbocycles. The van der Waals surface area contributed by atoms with E-state index >= 15 is 0 Å². The maximum Gasteiger partial charge on any atom is 0.00951 e. The summed E-state index contributed by atoms with van der Waals surface area (Å²) in [5, 5.41) is 3.49. The van der Waals surface area contributed by atoms with Crippen LogP contribution in [-0.2, 0) is 0 Å². The van der Waals surface area contributed by atoms with Gasteiger partial charge in [-0.2, -0.15) is 0 Å². The van der Waals surface area contributed by atoms with Gasteiger partial charge >= 0.3 is 0 Å². The van der Waals surface area contributed by atoms with Crippen LogP contribution in [0.3, 0.4) is 0 Å². The Labute approximate surface area is 108 Å². The fourth-order valence-corrected chi connectivity index (χ4v) is 2.88. The van der Waals surface area contributed by atoms with Gasteiger partial charge in [-0.25, -0.2) is 0 Å². The fourth-order valence-electron chi connectivity index (χ4n) is 2.88. The molecular weight excluding hydrogens is 208 g/mol. The van der Waals surface area contributed by atoms with Crippen molar-refractivity contribution in [3.05, 3.63) is 0 Å². The number of nitrogens with one attached hydrogen (secondary N) is 1. The van der Waals surface area contributed by atoms with Gasteiger partial charge < -0.3 is 10.2 Å². The van der Waals surface area contributed by atoms with E-state index in [1.807, 2.05) is 0 Å². The van der Waals surface area contributed by atoms with E-state index in [0.29, 0.717) is 6.04 Å². The van der Waals surface area contributed by atoms with Gasteiger partial charge in [0.05, 0.1) is 0 Å². The van der Waals surface area contributed by atoms with Crippen LogP contribution >= 0.6 is 0 Å². The zero-order valence-electron chi connectivity index (χ0n) is 12.2. The zero-order chi connectivity index (χ0) is 12.5. The second-order valence-corrected chi connectivity index (χ2v) is 5.74. The molecule has 0 unspecified atom stereocenters. The molecule has 1 saturated carbocycles. The topological polar surface area (TPSA) is 15.3 Å². The summed E-state index contributed by atoms with van der Waals surface area (Å²) in [6.07, 6.45) is 9.90. The Morgan fingerprint density at radius 3 is 2.41 bits per heavy atom. The van der Waals surface area contributed by atoms with Crippen molar-refractivity contribution in [2.75, 3.05) is 19.6 Å². The summed E-state index contributed by atoms with van der Waals surface area (Å²) in [5.41, 5.74) is 0. The maximum absolute atomic E-state index is 3.49. The molecule has 2 nitrogen and oxygen atoms in total. The Morgan fingerprint density at radius 1 is 1.12 bits per heavy atom. The van der Waals surface area contributed by atoms with Gasteiger partial charge in [0.15, 0.2) is 0 Å². The maximum atomic E-state index is 3.49. The Kier molecular flexibility index (Phi) is 7.87. The van der Waals surface area contributed by atoms with Gasteiger partial charge in [-0.05, 0) is 45.3 Å². The molecule has 17 heavy (non-hydrogen) atoms. The first kappa shape index (κ1) is 15.0. The molecular formula is C15H32N2. The second-order valence-electron chi connectivity index (χ2n) is 5.74. The highest BCUT2D eigenvalue weighted by molar-refractivity contribution is 4.76. The minimum Gasteiger partial charge on any atom is -0.315 e. The van der Waals surface area contributed by atoms with Crippen LogP contribution in [0.2, 0.25) is 0 Å². The largest absolute Gasteiger partial charge is 0.315 e. The van der Waals surface area contributed by atoms with Crippen molar-refractivity contribution in [3.63, 3.8) is 0 Å². The standard InChI is InChI=1S/C15H32N2/c1-4-17(15-10-6-7-11-15)13-9-5-8-12-16-14(2)3/h14-16H,4-13H2,1-3H3. The lowest BCUT2D eigenvalue weighted by atomic mass is 10.1. The Balaban J connectivity index is 1.99. The molecule has 0 saturated heterocycles. The molecule has 102 valence electrons. The van der Waals surface area contributed by atoms with Gasteiger partial charge in [-0.1, -0.05) is 40.0 Å². The number of nitrogens with zero attached hydrogens (tertiary/aromatic N) is 1. The highest BCUT2D eigenvalue weighted by atomic mass is 15.1. The van der Waals surface area contributed by atoms with Crippen LogP contribution in [0, 0.1) is 0 Å². The molecule has 0 spiro atoms. The van der Waals surface area contributed by atoms with Crippen LogP contribution in [0.5, 0.6) is 0 Å². The van der Waals surface area contributed by atoms with Crippen molar-refractivity contribution in [2.24, 2.45) is 0 Å². The summed E-state index contributed by atoms with van der Waals surface area (Å²) in [6, 6.07) is 1.55. The first-order valence-electron chi connectivity index (χ1n) is 7.71. The van der Waals surface area contributed by atoms with Crippen LogP contribution in [0.15, 0.2) is 0 Å². The van der Waals surface area contributed by atoms with E-state index in [9.17, 15) is 0 Å². The zero-order valence-corrected chi connectivity index (χ0v) is 12.2. The van der Waals surface area contributed by atoms with Crippen LogP contribution in [-0.4, -0.2) is 36.6 Å². The molecule has 2 heteroatoms. The monoisotopic (exact) mass is 240 g/mol. The minimum absolute atomic E-state index is 0.639. The average molecular weight is 240 g/mol. The van der Waals surface area contributed by atoms with Crippen molar-refractivity contribution < 1.29 is 0 Å². The number of unbranched alkanes of at least 4 members (excludes halogenated alkanes) is 2. The SMILES string of the molecule is CCN(CCCCCNC(C)C)C1CCCC1. The number of rotatable bonds is 9. The molecule has 1 rings (SSSR count). The van der Waals surface area contributed by atoms with E-state index in [-0.39, 0.29) is 0 Å². The predicted octanol–water partition coefficient (Wildman–Crippen LogP) is 3.42. The van der Waals surface area contributed by atoms with E-state index in [0.717, 1.165) is 6.04 Å². The van der Waals surface area contributed by atoms with Crippen LogP contribution < -0.4 is 5.32 Å². The molecule has 1 aliphatic rings. The van der Waals surface area contributed by atoms with Gasteiger partial charge in [0.2, 0.25) is 0 Å². The molecule has 1 fully saturated rings. The summed E-state index contributed by atoms with van der Waals surface area (Å²) in [7, 11) is 0. The molecule has 1 aliphatic carbocycles. The molecule has 0 aromatic heterocycles. The third-order valence-electron chi connectivity index (χ3n) is 3.92. The van der Waals surface area contributed by atoms with Crippen molar-refractivity contribution >= 4 is 0 Å². The van der Waals surface area contributed by atoms with Crippen molar-refractivity contribution in [1.29, 1.82) is 0 Å². The molecule has 0 radical (unpaired) electrons. The normalized spacial score (nSPS) is 17.5. The van der Waals surface area contributed by atoms with Crippen molar-refractivity contribution in [3.8, 4) is 0 Å². The molecule has 0 bridgehead atoms. The fraction of sp³-hybridized carbons (Fsp3) is 1.00. The van der Waals surface area contributed by atoms with Gasteiger partial charge in [-0.3, -0.25) is 0 Å². The van der Waals surface area contributed by atoms with Crippen LogP contribution in [0.1, 0.15) is 65.7 Å². The molecule has 0 heterocycles. The Morgan fingerprint density at radius 2 is 1.82 bits per heavy atom. The lowest BCUT2D eigenvalue weighted by Gasteiger charge is -2.27. The average Bonchev–Trinajstić information content (AvgIpc) is 2.81.